The van der Waals surface area contributed by atoms with E-state index in [2.05, 4.69) is 10.3 Å². The Labute approximate surface area is 175 Å². The van der Waals surface area contributed by atoms with E-state index in [-0.39, 0.29) is 11.0 Å². The van der Waals surface area contributed by atoms with Crippen molar-refractivity contribution in [2.45, 2.75) is 39.9 Å². The average Bonchev–Trinajstić information content (AvgIpc) is 2.64. The number of nitrogens with one attached hydrogen (secondary N) is 1. The number of aryl methyl sites for hydroxylation is 3. The Balaban J connectivity index is 2.18. The number of nitrogens with zero attached hydrogens (tertiary/aromatic N) is 2. The molecule has 1 amide bonds. The van der Waals surface area contributed by atoms with Crippen LogP contribution in [0.2, 0.25) is 5.02 Å². The summed E-state index contributed by atoms with van der Waals surface area (Å²) in [7, 11) is 0. The van der Waals surface area contributed by atoms with Crippen LogP contribution >= 0.6 is 11.6 Å². The summed E-state index contributed by atoms with van der Waals surface area (Å²) in [4.78, 5) is 29.1. The number of anilines is 1. The van der Waals surface area contributed by atoms with Crippen molar-refractivity contribution < 1.29 is 18.0 Å². The first-order valence-electron chi connectivity index (χ1n) is 9.08. The Kier molecular flexibility index (Phi) is 5.64. The molecule has 158 valence electrons. The van der Waals surface area contributed by atoms with Crippen LogP contribution in [0.3, 0.4) is 0 Å². The van der Waals surface area contributed by atoms with Crippen LogP contribution in [-0.4, -0.2) is 15.5 Å². The number of hydrogen-bond donors (Lipinski definition) is 1. The maximum absolute atomic E-state index is 13.5. The highest BCUT2D eigenvalue weighted by Gasteiger charge is 2.38. The molecule has 0 saturated heterocycles. The molecule has 0 fully saturated rings. The van der Waals surface area contributed by atoms with E-state index in [1.165, 1.54) is 19.1 Å². The predicted molar refractivity (Wildman–Crippen MR) is 110 cm³/mol. The zero-order valence-corrected chi connectivity index (χ0v) is 17.4. The van der Waals surface area contributed by atoms with Crippen molar-refractivity contribution >= 4 is 34.2 Å². The van der Waals surface area contributed by atoms with E-state index in [1.807, 2.05) is 0 Å². The lowest BCUT2D eigenvalue weighted by atomic mass is 10.1. The topological polar surface area (TPSA) is 64.0 Å². The molecule has 0 saturated carbocycles. The molecule has 3 rings (SSSR count). The van der Waals surface area contributed by atoms with E-state index < -0.39 is 29.4 Å². The van der Waals surface area contributed by atoms with Gasteiger partial charge in [-0.1, -0.05) is 17.7 Å². The minimum atomic E-state index is -4.95. The van der Waals surface area contributed by atoms with Gasteiger partial charge in [-0.3, -0.25) is 14.2 Å². The molecule has 0 spiro atoms. The number of halogens is 4. The number of fused-ring (bicyclic) bond motifs is 1. The van der Waals surface area contributed by atoms with Crippen LogP contribution in [-0.2, 0) is 11.0 Å². The van der Waals surface area contributed by atoms with Gasteiger partial charge < -0.3 is 5.32 Å². The fourth-order valence-corrected chi connectivity index (χ4v) is 3.28. The average molecular weight is 438 g/mol. The smallest absolute Gasteiger partial charge is 0.324 e. The summed E-state index contributed by atoms with van der Waals surface area (Å²) in [6.07, 6.45) is -4.95. The van der Waals surface area contributed by atoms with Gasteiger partial charge in [-0.25, -0.2) is 4.98 Å². The molecule has 1 heterocycles. The maximum atomic E-state index is 13.5. The Morgan fingerprint density at radius 3 is 2.37 bits per heavy atom. The third kappa shape index (κ3) is 4.05. The highest BCUT2D eigenvalue weighted by Crippen LogP contribution is 2.29. The van der Waals surface area contributed by atoms with Gasteiger partial charge in [-0.2, -0.15) is 13.2 Å². The van der Waals surface area contributed by atoms with Crippen molar-refractivity contribution in [1.29, 1.82) is 0 Å². The van der Waals surface area contributed by atoms with E-state index in [4.69, 9.17) is 11.6 Å². The van der Waals surface area contributed by atoms with E-state index in [9.17, 15) is 22.8 Å². The van der Waals surface area contributed by atoms with Crippen molar-refractivity contribution in [1.82, 2.24) is 9.55 Å². The number of alkyl halides is 3. The fourth-order valence-electron chi connectivity index (χ4n) is 3.11. The van der Waals surface area contributed by atoms with Crippen LogP contribution in [0.1, 0.15) is 35.3 Å². The SMILES string of the molecule is Cc1cc2nc(C(F)(F)F)c(=O)n([C@H](C)C(=O)Nc3cc(Cl)ccc3C)c2cc1C. The highest BCUT2D eigenvalue weighted by molar-refractivity contribution is 6.31. The number of carbonyl (C=O) groups is 1. The van der Waals surface area contributed by atoms with Crippen molar-refractivity contribution in [3.8, 4) is 0 Å². The monoisotopic (exact) mass is 437 g/mol. The molecule has 0 aliphatic rings. The molecule has 3 aromatic rings. The van der Waals surface area contributed by atoms with Gasteiger partial charge in [-0.15, -0.1) is 0 Å². The quantitative estimate of drug-likeness (QED) is 0.613. The first-order chi connectivity index (χ1) is 13.9. The minimum absolute atomic E-state index is 0.0105. The highest BCUT2D eigenvalue weighted by atomic mass is 35.5. The van der Waals surface area contributed by atoms with Gasteiger partial charge in [0.15, 0.2) is 0 Å². The summed E-state index contributed by atoms with van der Waals surface area (Å²) in [6, 6.07) is 6.69. The summed E-state index contributed by atoms with van der Waals surface area (Å²) in [5.74, 6) is -0.652. The number of aromatic nitrogens is 2. The molecule has 1 atom stereocenters. The van der Waals surface area contributed by atoms with E-state index in [0.29, 0.717) is 16.3 Å². The molecule has 1 N–H and O–H groups in total. The molecule has 5 nitrogen and oxygen atoms in total. The molecule has 1 aromatic heterocycles. The van der Waals surface area contributed by atoms with Gasteiger partial charge in [-0.05, 0) is 68.7 Å². The summed E-state index contributed by atoms with van der Waals surface area (Å²) >= 11 is 5.96. The lowest BCUT2D eigenvalue weighted by molar-refractivity contribution is -0.142. The normalized spacial score (nSPS) is 12.8. The standard InChI is InChI=1S/C21H19ClF3N3O2/c1-10-5-6-14(22)9-15(10)27-19(29)13(4)28-17-8-12(3)11(2)7-16(17)26-18(20(28)30)21(23,24)25/h5-9,13H,1-4H3,(H,27,29)/t13-/m1/s1. The lowest BCUT2D eigenvalue weighted by Crippen LogP contribution is -2.36. The first-order valence-corrected chi connectivity index (χ1v) is 9.45. The third-order valence-electron chi connectivity index (χ3n) is 5.00. The van der Waals surface area contributed by atoms with E-state index in [1.54, 1.807) is 39.0 Å². The zero-order valence-electron chi connectivity index (χ0n) is 16.7. The Hall–Kier alpha value is -2.87. The summed E-state index contributed by atoms with van der Waals surface area (Å²) < 4.78 is 41.2. The van der Waals surface area contributed by atoms with Gasteiger partial charge in [0, 0.05) is 10.7 Å². The number of benzene rings is 2. The predicted octanol–water partition coefficient (Wildman–Crippen LogP) is 5.19. The van der Waals surface area contributed by atoms with E-state index in [0.717, 1.165) is 15.7 Å². The molecule has 0 radical (unpaired) electrons. The van der Waals surface area contributed by atoms with Gasteiger partial charge >= 0.3 is 6.18 Å². The second-order valence-electron chi connectivity index (χ2n) is 7.18. The van der Waals surface area contributed by atoms with Crippen LogP contribution in [0.25, 0.3) is 11.0 Å². The number of carbonyl (C=O) groups excluding carboxylic acids is 1. The van der Waals surface area contributed by atoms with Gasteiger partial charge in [0.2, 0.25) is 11.6 Å². The number of rotatable bonds is 3. The molecule has 0 bridgehead atoms. The molecule has 2 aromatic carbocycles. The molecular weight excluding hydrogens is 419 g/mol. The van der Waals surface area contributed by atoms with E-state index >= 15 is 0 Å². The van der Waals surface area contributed by atoms with Crippen molar-refractivity contribution in [2.24, 2.45) is 0 Å². The largest absolute Gasteiger partial charge is 0.438 e. The molecule has 9 heteroatoms. The summed E-state index contributed by atoms with van der Waals surface area (Å²) in [5, 5.41) is 3.03. The second kappa shape index (κ2) is 7.75. The molecule has 0 aliphatic carbocycles. The fraction of sp³-hybridized carbons (Fsp3) is 0.286. The van der Waals surface area contributed by atoms with Gasteiger partial charge in [0.25, 0.3) is 5.56 Å². The van der Waals surface area contributed by atoms with Gasteiger partial charge in [0.1, 0.15) is 6.04 Å². The Morgan fingerprint density at radius 2 is 1.73 bits per heavy atom. The van der Waals surface area contributed by atoms with Crippen molar-refractivity contribution in [2.75, 3.05) is 5.32 Å². The second-order valence-corrected chi connectivity index (χ2v) is 7.62. The van der Waals surface area contributed by atoms with Crippen molar-refractivity contribution in [3.05, 3.63) is 68.1 Å². The van der Waals surface area contributed by atoms with Crippen LogP contribution in [0, 0.1) is 20.8 Å². The number of amides is 1. The Bertz CT molecular complexity index is 1220. The first kappa shape index (κ1) is 21.8. The molecular formula is C21H19ClF3N3O2. The van der Waals surface area contributed by atoms with Crippen LogP contribution in [0.15, 0.2) is 35.1 Å². The lowest BCUT2D eigenvalue weighted by Gasteiger charge is -2.20. The van der Waals surface area contributed by atoms with Gasteiger partial charge in [0.05, 0.1) is 11.0 Å². The molecule has 30 heavy (non-hydrogen) atoms. The summed E-state index contributed by atoms with van der Waals surface area (Å²) in [5.41, 5.74) is -0.176. The minimum Gasteiger partial charge on any atom is -0.324 e. The van der Waals surface area contributed by atoms with Crippen molar-refractivity contribution in [3.63, 3.8) is 0 Å². The van der Waals surface area contributed by atoms with Crippen LogP contribution in [0.5, 0.6) is 0 Å². The zero-order chi connectivity index (χ0) is 22.4. The van der Waals surface area contributed by atoms with Crippen LogP contribution < -0.4 is 10.9 Å². The summed E-state index contributed by atoms with van der Waals surface area (Å²) in [6.45, 7) is 6.61. The Morgan fingerprint density at radius 1 is 1.10 bits per heavy atom. The van der Waals surface area contributed by atoms with Crippen LogP contribution in [0.4, 0.5) is 18.9 Å². The molecule has 0 unspecified atom stereocenters. The third-order valence-corrected chi connectivity index (χ3v) is 5.23. The maximum Gasteiger partial charge on any atom is 0.438 e. The number of hydrogen-bond acceptors (Lipinski definition) is 3. The molecule has 0 aliphatic heterocycles.